The van der Waals surface area contributed by atoms with Crippen LogP contribution >= 0.6 is 0 Å². The lowest BCUT2D eigenvalue weighted by Crippen LogP contribution is -2.13. The number of hydrogen-bond acceptors (Lipinski definition) is 4. The maximum atomic E-state index is 11.4. The summed E-state index contributed by atoms with van der Waals surface area (Å²) in [5.74, 6) is 0.0506. The quantitative estimate of drug-likeness (QED) is 0.569. The van der Waals surface area contributed by atoms with Gasteiger partial charge in [-0.05, 0) is 18.2 Å². The van der Waals surface area contributed by atoms with E-state index < -0.39 is 5.56 Å². The molecule has 0 aliphatic rings. The van der Waals surface area contributed by atoms with E-state index in [0.717, 1.165) is 0 Å². The molecule has 0 bridgehead atoms. The second-order valence-electron chi connectivity index (χ2n) is 3.40. The number of nitrogens with two attached hydrogens (primary N) is 2. The summed E-state index contributed by atoms with van der Waals surface area (Å²) < 4.78 is 0. The molecule has 0 radical (unpaired) electrons. The topological polar surface area (TPSA) is 105 Å². The van der Waals surface area contributed by atoms with Gasteiger partial charge in [-0.1, -0.05) is 12.1 Å². The van der Waals surface area contributed by atoms with Crippen molar-refractivity contribution < 1.29 is 5.11 Å². The largest absolute Gasteiger partial charge is 0.507 e. The Morgan fingerprint density at radius 2 is 1.81 bits per heavy atom. The second-order valence-corrected chi connectivity index (χ2v) is 3.40. The minimum atomic E-state index is -0.424. The van der Waals surface area contributed by atoms with Crippen molar-refractivity contribution in [3.63, 3.8) is 0 Å². The number of hydrogen-bond donors (Lipinski definition) is 4. The molecule has 0 aliphatic carbocycles. The van der Waals surface area contributed by atoms with Gasteiger partial charge in [-0.3, -0.25) is 4.79 Å². The molecule has 0 atom stereocenters. The van der Waals surface area contributed by atoms with E-state index in [2.05, 4.69) is 4.98 Å². The third-order valence-corrected chi connectivity index (χ3v) is 2.27. The number of aromatic amines is 1. The molecule has 0 spiro atoms. The number of para-hydroxylation sites is 1. The average molecular weight is 217 g/mol. The summed E-state index contributed by atoms with van der Waals surface area (Å²) in [5.41, 5.74) is 11.9. The number of H-pyrrole nitrogens is 1. The Bertz CT molecular complexity index is 590. The summed E-state index contributed by atoms with van der Waals surface area (Å²) >= 11 is 0. The van der Waals surface area contributed by atoms with Crippen LogP contribution in [0.4, 0.5) is 11.4 Å². The highest BCUT2D eigenvalue weighted by Crippen LogP contribution is 2.30. The van der Waals surface area contributed by atoms with E-state index >= 15 is 0 Å². The third kappa shape index (κ3) is 1.58. The van der Waals surface area contributed by atoms with Crippen LogP contribution in [0.25, 0.3) is 11.3 Å². The number of phenolic OH excluding ortho intramolecular Hbond substituents is 1. The minimum Gasteiger partial charge on any atom is -0.507 e. The van der Waals surface area contributed by atoms with Crippen molar-refractivity contribution in [2.24, 2.45) is 0 Å². The SMILES string of the molecule is Nc1cc(N)c(=O)[nH]c1-c1ccccc1O. The van der Waals surface area contributed by atoms with Gasteiger partial charge < -0.3 is 21.6 Å². The zero-order chi connectivity index (χ0) is 11.7. The molecule has 0 aliphatic heterocycles. The van der Waals surface area contributed by atoms with Crippen molar-refractivity contribution in [3.8, 4) is 17.0 Å². The maximum absolute atomic E-state index is 11.4. The Morgan fingerprint density at radius 1 is 1.12 bits per heavy atom. The van der Waals surface area contributed by atoms with E-state index in [4.69, 9.17) is 11.5 Å². The fraction of sp³-hybridized carbons (Fsp3) is 0. The van der Waals surface area contributed by atoms with Crippen molar-refractivity contribution in [3.05, 3.63) is 40.7 Å². The number of benzene rings is 1. The summed E-state index contributed by atoms with van der Waals surface area (Å²) in [6.45, 7) is 0. The lowest BCUT2D eigenvalue weighted by Gasteiger charge is -2.07. The minimum absolute atomic E-state index is 0.0506. The van der Waals surface area contributed by atoms with E-state index in [9.17, 15) is 9.90 Å². The van der Waals surface area contributed by atoms with Gasteiger partial charge in [0.2, 0.25) is 0 Å². The van der Waals surface area contributed by atoms with Gasteiger partial charge in [0.1, 0.15) is 5.75 Å². The summed E-state index contributed by atoms with van der Waals surface area (Å²) in [6, 6.07) is 7.98. The zero-order valence-electron chi connectivity index (χ0n) is 8.40. The molecule has 1 aromatic carbocycles. The van der Waals surface area contributed by atoms with Gasteiger partial charge in [0, 0.05) is 5.56 Å². The molecule has 5 nitrogen and oxygen atoms in total. The van der Waals surface area contributed by atoms with Crippen LogP contribution < -0.4 is 17.0 Å². The van der Waals surface area contributed by atoms with Crippen LogP contribution in [0.1, 0.15) is 0 Å². The summed E-state index contributed by atoms with van der Waals surface area (Å²) in [4.78, 5) is 13.9. The van der Waals surface area contributed by atoms with Gasteiger partial charge in [0.25, 0.3) is 5.56 Å². The number of aromatic hydroxyl groups is 1. The lowest BCUT2D eigenvalue weighted by molar-refractivity contribution is 0.477. The molecule has 0 unspecified atom stereocenters. The van der Waals surface area contributed by atoms with Gasteiger partial charge in [-0.15, -0.1) is 0 Å². The number of phenols is 1. The Labute approximate surface area is 91.3 Å². The van der Waals surface area contributed by atoms with Crippen LogP contribution in [0.3, 0.4) is 0 Å². The predicted octanol–water partition coefficient (Wildman–Crippen LogP) is 0.912. The Morgan fingerprint density at radius 3 is 2.50 bits per heavy atom. The smallest absolute Gasteiger partial charge is 0.271 e. The van der Waals surface area contributed by atoms with Gasteiger partial charge in [-0.2, -0.15) is 0 Å². The molecular weight excluding hydrogens is 206 g/mol. The summed E-state index contributed by atoms with van der Waals surface area (Å²) in [6.07, 6.45) is 0. The predicted molar refractivity (Wildman–Crippen MR) is 63.0 cm³/mol. The molecule has 16 heavy (non-hydrogen) atoms. The van der Waals surface area contributed by atoms with Gasteiger partial charge in [0.15, 0.2) is 0 Å². The highest BCUT2D eigenvalue weighted by Gasteiger charge is 2.09. The molecule has 6 N–H and O–H groups in total. The zero-order valence-corrected chi connectivity index (χ0v) is 8.40. The maximum Gasteiger partial charge on any atom is 0.271 e. The standard InChI is InChI=1S/C11H11N3O2/c12-7-5-8(13)11(16)14-10(7)6-3-1-2-4-9(6)15/h1-5,15H,12-13H2,(H,14,16). The van der Waals surface area contributed by atoms with E-state index in [1.165, 1.54) is 12.1 Å². The van der Waals surface area contributed by atoms with Crippen LogP contribution in [0.5, 0.6) is 5.75 Å². The Kier molecular flexibility index (Phi) is 2.28. The second kappa shape index (κ2) is 3.62. The van der Waals surface area contributed by atoms with E-state index in [1.54, 1.807) is 18.2 Å². The molecule has 0 fully saturated rings. The molecule has 82 valence electrons. The van der Waals surface area contributed by atoms with Crippen LogP contribution in [0.2, 0.25) is 0 Å². The molecule has 5 heteroatoms. The van der Waals surface area contributed by atoms with E-state index in [0.29, 0.717) is 16.9 Å². The Balaban J connectivity index is 2.70. The molecule has 1 aromatic heterocycles. The fourth-order valence-electron chi connectivity index (χ4n) is 1.47. The van der Waals surface area contributed by atoms with Crippen molar-refractivity contribution in [1.29, 1.82) is 0 Å². The van der Waals surface area contributed by atoms with Crippen LogP contribution in [-0.4, -0.2) is 10.1 Å². The summed E-state index contributed by atoms with van der Waals surface area (Å²) in [5, 5.41) is 9.64. The molecule has 2 aromatic rings. The molecule has 0 amide bonds. The first-order valence-electron chi connectivity index (χ1n) is 4.66. The van der Waals surface area contributed by atoms with Crippen molar-refractivity contribution in [2.45, 2.75) is 0 Å². The van der Waals surface area contributed by atoms with Gasteiger partial charge in [-0.25, -0.2) is 0 Å². The normalized spacial score (nSPS) is 10.2. The van der Waals surface area contributed by atoms with Crippen molar-refractivity contribution in [2.75, 3.05) is 11.5 Å². The highest BCUT2D eigenvalue weighted by atomic mass is 16.3. The number of nitrogens with one attached hydrogen (secondary N) is 1. The summed E-state index contributed by atoms with van der Waals surface area (Å²) in [7, 11) is 0. The number of pyridine rings is 1. The van der Waals surface area contributed by atoms with E-state index in [1.807, 2.05) is 0 Å². The third-order valence-electron chi connectivity index (χ3n) is 2.27. The van der Waals surface area contributed by atoms with E-state index in [-0.39, 0.29) is 11.4 Å². The van der Waals surface area contributed by atoms with Crippen LogP contribution in [0, 0.1) is 0 Å². The fourth-order valence-corrected chi connectivity index (χ4v) is 1.47. The molecule has 2 rings (SSSR count). The molecule has 0 saturated heterocycles. The van der Waals surface area contributed by atoms with Crippen LogP contribution in [-0.2, 0) is 0 Å². The number of rotatable bonds is 1. The lowest BCUT2D eigenvalue weighted by atomic mass is 10.1. The molecule has 0 saturated carbocycles. The molecular formula is C11H11N3O2. The van der Waals surface area contributed by atoms with Gasteiger partial charge >= 0.3 is 0 Å². The van der Waals surface area contributed by atoms with Crippen molar-refractivity contribution >= 4 is 11.4 Å². The number of aromatic nitrogens is 1. The van der Waals surface area contributed by atoms with Crippen LogP contribution in [0.15, 0.2) is 35.1 Å². The first-order valence-corrected chi connectivity index (χ1v) is 4.66. The number of anilines is 2. The highest BCUT2D eigenvalue weighted by molar-refractivity contribution is 5.78. The first-order chi connectivity index (χ1) is 7.59. The Hall–Kier alpha value is -2.43. The number of nitrogen functional groups attached to an aromatic ring is 2. The monoisotopic (exact) mass is 217 g/mol. The van der Waals surface area contributed by atoms with Gasteiger partial charge in [0.05, 0.1) is 17.1 Å². The average Bonchev–Trinajstić information content (AvgIpc) is 2.25. The first kappa shape index (κ1) is 10.1. The van der Waals surface area contributed by atoms with Crippen molar-refractivity contribution in [1.82, 2.24) is 4.98 Å². The molecule has 1 heterocycles.